The Labute approximate surface area is 200 Å². The lowest BCUT2D eigenvalue weighted by Gasteiger charge is -2.36. The predicted octanol–water partition coefficient (Wildman–Crippen LogP) is 4.26. The van der Waals surface area contributed by atoms with Crippen molar-refractivity contribution >= 4 is 18.0 Å². The number of carboxylic acids is 1. The molecule has 1 fully saturated rings. The van der Waals surface area contributed by atoms with Crippen LogP contribution in [0.2, 0.25) is 0 Å². The highest BCUT2D eigenvalue weighted by atomic mass is 16.5. The Morgan fingerprint density at radius 2 is 1.65 bits per heavy atom. The number of alkyl carbamates (subject to hydrolysis) is 1. The second kappa shape index (κ2) is 10.3. The number of carbonyl (C=O) groups is 3. The van der Waals surface area contributed by atoms with Crippen LogP contribution < -0.4 is 5.32 Å². The molecule has 0 radical (unpaired) electrons. The molecule has 0 aromatic heterocycles. The topological polar surface area (TPSA) is 95.9 Å². The molecule has 0 saturated heterocycles. The zero-order valence-electron chi connectivity index (χ0n) is 19.7. The summed E-state index contributed by atoms with van der Waals surface area (Å²) in [6.07, 6.45) is 2.61. The molecule has 0 heterocycles. The maximum atomic E-state index is 13.1. The van der Waals surface area contributed by atoms with Crippen LogP contribution in [-0.2, 0) is 14.3 Å². The summed E-state index contributed by atoms with van der Waals surface area (Å²) in [7, 11) is 1.53. The first-order valence-electron chi connectivity index (χ1n) is 12.0. The van der Waals surface area contributed by atoms with Crippen molar-refractivity contribution in [3.8, 4) is 11.1 Å². The Bertz CT molecular complexity index is 1020. The molecule has 0 bridgehead atoms. The minimum Gasteiger partial charge on any atom is -0.480 e. The quantitative estimate of drug-likeness (QED) is 0.578. The van der Waals surface area contributed by atoms with Crippen LogP contribution in [0.1, 0.15) is 49.7 Å². The third-order valence-electron chi connectivity index (χ3n) is 7.33. The number of ether oxygens (including phenoxy) is 1. The Morgan fingerprint density at radius 1 is 1.06 bits per heavy atom. The van der Waals surface area contributed by atoms with Gasteiger partial charge in [-0.3, -0.25) is 4.79 Å². The molecule has 0 spiro atoms. The number of nitrogens with one attached hydrogen (secondary N) is 1. The molecule has 2 amide bonds. The van der Waals surface area contributed by atoms with E-state index in [0.29, 0.717) is 6.42 Å². The smallest absolute Gasteiger partial charge is 0.407 e. The number of benzene rings is 2. The molecule has 34 heavy (non-hydrogen) atoms. The summed E-state index contributed by atoms with van der Waals surface area (Å²) in [5.74, 6) is -1.59. The van der Waals surface area contributed by atoms with E-state index in [-0.39, 0.29) is 30.9 Å². The van der Waals surface area contributed by atoms with E-state index in [2.05, 4.69) is 29.6 Å². The second-order valence-electron chi connectivity index (χ2n) is 9.22. The summed E-state index contributed by atoms with van der Waals surface area (Å²) in [4.78, 5) is 38.5. The van der Waals surface area contributed by atoms with Crippen molar-refractivity contribution in [2.75, 3.05) is 20.2 Å². The van der Waals surface area contributed by atoms with E-state index >= 15 is 0 Å². The molecule has 2 N–H and O–H groups in total. The van der Waals surface area contributed by atoms with Crippen LogP contribution in [0.4, 0.5) is 4.79 Å². The highest BCUT2D eigenvalue weighted by molar-refractivity contribution is 5.85. The Hall–Kier alpha value is -3.35. The molecule has 2 atom stereocenters. The fraction of sp³-hybridized carbons (Fsp3) is 0.444. The van der Waals surface area contributed by atoms with E-state index in [0.717, 1.165) is 41.5 Å². The maximum absolute atomic E-state index is 13.1. The van der Waals surface area contributed by atoms with E-state index in [4.69, 9.17) is 4.74 Å². The number of hydrogen-bond acceptors (Lipinski definition) is 4. The molecule has 2 aromatic carbocycles. The largest absolute Gasteiger partial charge is 0.480 e. The monoisotopic (exact) mass is 464 g/mol. The second-order valence-corrected chi connectivity index (χ2v) is 9.22. The average molecular weight is 465 g/mol. The van der Waals surface area contributed by atoms with Crippen molar-refractivity contribution in [3.05, 3.63) is 59.7 Å². The fourth-order valence-electron chi connectivity index (χ4n) is 5.17. The van der Waals surface area contributed by atoms with Crippen LogP contribution in [0.5, 0.6) is 0 Å². The lowest BCUT2D eigenvalue weighted by atomic mass is 9.75. The molecule has 7 heteroatoms. The molecular formula is C27H32N2O5. The molecule has 2 aromatic rings. The summed E-state index contributed by atoms with van der Waals surface area (Å²) >= 11 is 0. The van der Waals surface area contributed by atoms with Gasteiger partial charge in [-0.05, 0) is 47.4 Å². The Morgan fingerprint density at radius 3 is 2.15 bits per heavy atom. The van der Waals surface area contributed by atoms with Crippen molar-refractivity contribution in [1.29, 1.82) is 0 Å². The molecular weight excluding hydrogens is 432 g/mol. The summed E-state index contributed by atoms with van der Waals surface area (Å²) in [6, 6.07) is 15.4. The molecule has 4 rings (SSSR count). The van der Waals surface area contributed by atoms with Gasteiger partial charge in [0.15, 0.2) is 0 Å². The number of amides is 2. The number of fused-ring (bicyclic) bond motifs is 3. The van der Waals surface area contributed by atoms with Gasteiger partial charge in [0, 0.05) is 19.5 Å². The predicted molar refractivity (Wildman–Crippen MR) is 128 cm³/mol. The standard InChI is InChI=1S/C27H32N2O5/c1-3-24(26(31)32)29(2)25(30)22(17-9-8-10-17)15-28-27(33)34-16-23-20-13-6-4-11-18(20)19-12-5-7-14-21(19)23/h4-7,11-14,17,22-24H,3,8-10,15-16H2,1-2H3,(H,28,33)(H,31,32). The number of aliphatic carboxylic acids is 1. The SMILES string of the molecule is CCC(C(=O)O)N(C)C(=O)C(CNC(=O)OCC1c2ccccc2-c2ccccc21)C1CCC1. The van der Waals surface area contributed by atoms with Crippen molar-refractivity contribution in [3.63, 3.8) is 0 Å². The molecule has 2 aliphatic rings. The number of carboxylic acid groups (broad SMARTS) is 1. The van der Waals surface area contributed by atoms with E-state index < -0.39 is 24.0 Å². The van der Waals surface area contributed by atoms with Gasteiger partial charge in [0.2, 0.25) is 5.91 Å². The Kier molecular flexibility index (Phi) is 7.20. The summed E-state index contributed by atoms with van der Waals surface area (Å²) in [5.41, 5.74) is 4.60. The number of likely N-dealkylation sites (N-methyl/N-ethyl adjacent to an activating group) is 1. The lowest BCUT2D eigenvalue weighted by Crippen LogP contribution is -2.50. The van der Waals surface area contributed by atoms with Crippen LogP contribution in [0, 0.1) is 11.8 Å². The summed E-state index contributed by atoms with van der Waals surface area (Å²) in [5, 5.41) is 12.2. The first-order chi connectivity index (χ1) is 16.4. The summed E-state index contributed by atoms with van der Waals surface area (Å²) < 4.78 is 5.60. The van der Waals surface area contributed by atoms with Crippen molar-refractivity contribution in [2.45, 2.75) is 44.6 Å². The van der Waals surface area contributed by atoms with Crippen LogP contribution in [0.25, 0.3) is 11.1 Å². The first-order valence-corrected chi connectivity index (χ1v) is 12.0. The normalized spacial score (nSPS) is 16.5. The van der Waals surface area contributed by atoms with Crippen molar-refractivity contribution < 1.29 is 24.2 Å². The number of carbonyl (C=O) groups excluding carboxylic acids is 2. The molecule has 2 aliphatic carbocycles. The van der Waals surface area contributed by atoms with E-state index in [1.807, 2.05) is 24.3 Å². The molecule has 0 aliphatic heterocycles. The minimum atomic E-state index is -1.02. The molecule has 180 valence electrons. The third kappa shape index (κ3) is 4.65. The zero-order valence-corrected chi connectivity index (χ0v) is 19.7. The zero-order chi connectivity index (χ0) is 24.2. The number of rotatable bonds is 9. The van der Waals surface area contributed by atoms with Gasteiger partial charge in [-0.2, -0.15) is 0 Å². The van der Waals surface area contributed by atoms with E-state index in [9.17, 15) is 19.5 Å². The average Bonchev–Trinajstić information content (AvgIpc) is 3.12. The Balaban J connectivity index is 1.38. The molecule has 1 saturated carbocycles. The van der Waals surface area contributed by atoms with E-state index in [1.165, 1.54) is 11.9 Å². The number of hydrogen-bond donors (Lipinski definition) is 2. The lowest BCUT2D eigenvalue weighted by molar-refractivity contribution is -0.152. The van der Waals surface area contributed by atoms with Gasteiger partial charge < -0.3 is 20.1 Å². The van der Waals surface area contributed by atoms with E-state index in [1.54, 1.807) is 6.92 Å². The van der Waals surface area contributed by atoms with Crippen molar-refractivity contribution in [2.24, 2.45) is 11.8 Å². The minimum absolute atomic E-state index is 0.0331. The molecule has 2 unspecified atom stereocenters. The van der Waals surface area contributed by atoms with Gasteiger partial charge in [0.05, 0.1) is 5.92 Å². The maximum Gasteiger partial charge on any atom is 0.407 e. The van der Waals surface area contributed by atoms with Gasteiger partial charge in [-0.1, -0.05) is 61.9 Å². The van der Waals surface area contributed by atoms with Crippen LogP contribution in [0.15, 0.2) is 48.5 Å². The fourth-order valence-corrected chi connectivity index (χ4v) is 5.17. The van der Waals surface area contributed by atoms with Gasteiger partial charge in [-0.25, -0.2) is 9.59 Å². The molecule has 7 nitrogen and oxygen atoms in total. The van der Waals surface area contributed by atoms with Crippen LogP contribution in [-0.4, -0.2) is 54.2 Å². The van der Waals surface area contributed by atoms with Gasteiger partial charge in [0.25, 0.3) is 0 Å². The van der Waals surface area contributed by atoms with Crippen molar-refractivity contribution in [1.82, 2.24) is 10.2 Å². The first kappa shape index (κ1) is 23.8. The highest BCUT2D eigenvalue weighted by Gasteiger charge is 2.37. The summed E-state index contributed by atoms with van der Waals surface area (Å²) in [6.45, 7) is 2.09. The number of nitrogens with zero attached hydrogens (tertiary/aromatic N) is 1. The third-order valence-corrected chi connectivity index (χ3v) is 7.33. The van der Waals surface area contributed by atoms with Crippen LogP contribution in [0.3, 0.4) is 0 Å². The van der Waals surface area contributed by atoms with Gasteiger partial charge >= 0.3 is 12.1 Å². The highest BCUT2D eigenvalue weighted by Crippen LogP contribution is 2.44. The van der Waals surface area contributed by atoms with Gasteiger partial charge in [-0.15, -0.1) is 0 Å². The van der Waals surface area contributed by atoms with Crippen LogP contribution >= 0.6 is 0 Å². The van der Waals surface area contributed by atoms with Gasteiger partial charge in [0.1, 0.15) is 12.6 Å².